The van der Waals surface area contributed by atoms with Crippen molar-refractivity contribution >= 4 is 17.9 Å². The van der Waals surface area contributed by atoms with Gasteiger partial charge in [-0.05, 0) is 70.6 Å². The number of unbranched alkanes of at least 4 members (excludes halogenated alkanes) is 16. The third-order valence-corrected chi connectivity index (χ3v) is 8.22. The zero-order chi connectivity index (χ0) is 30.4. The smallest absolute Gasteiger partial charge is 0.303 e. The second kappa shape index (κ2) is 28.2. The van der Waals surface area contributed by atoms with Crippen LogP contribution in [0.2, 0.25) is 0 Å². The summed E-state index contributed by atoms with van der Waals surface area (Å²) in [6, 6.07) is 0. The van der Waals surface area contributed by atoms with Crippen molar-refractivity contribution in [2.24, 2.45) is 0 Å². The van der Waals surface area contributed by atoms with Crippen molar-refractivity contribution in [2.75, 3.05) is 26.2 Å². The van der Waals surface area contributed by atoms with E-state index in [1.807, 2.05) is 0 Å². The molecule has 0 aromatic carbocycles. The van der Waals surface area contributed by atoms with Gasteiger partial charge >= 0.3 is 17.9 Å². The Morgan fingerprint density at radius 2 is 0.732 bits per heavy atom. The van der Waals surface area contributed by atoms with Gasteiger partial charge in [-0.3, -0.25) is 14.4 Å². The van der Waals surface area contributed by atoms with Crippen molar-refractivity contribution in [2.45, 2.75) is 161 Å². The van der Waals surface area contributed by atoms with Crippen molar-refractivity contribution in [3.63, 3.8) is 0 Å². The molecule has 0 bridgehead atoms. The van der Waals surface area contributed by atoms with Crippen LogP contribution in [0.3, 0.4) is 0 Å². The predicted molar refractivity (Wildman–Crippen MR) is 168 cm³/mol. The highest BCUT2D eigenvalue weighted by Gasteiger charge is 2.26. The molecule has 0 radical (unpaired) electrons. The molecule has 7 heteroatoms. The lowest BCUT2D eigenvalue weighted by molar-refractivity contribution is -0.929. The SMILES string of the molecule is CC/C=C/CCCCCCCCCCCCCCC[N+](CCCCC(=O)O)(CCCCC(=O)O)CCCCC(=O)O. The van der Waals surface area contributed by atoms with Gasteiger partial charge in [0.1, 0.15) is 0 Å². The Morgan fingerprint density at radius 1 is 0.439 bits per heavy atom. The van der Waals surface area contributed by atoms with E-state index in [1.165, 1.54) is 83.5 Å². The van der Waals surface area contributed by atoms with Crippen molar-refractivity contribution in [1.82, 2.24) is 0 Å². The van der Waals surface area contributed by atoms with Crippen molar-refractivity contribution in [1.29, 1.82) is 0 Å². The highest BCUT2D eigenvalue weighted by Crippen LogP contribution is 2.20. The Labute approximate surface area is 251 Å². The first-order valence-electron chi connectivity index (χ1n) is 17.0. The van der Waals surface area contributed by atoms with Crippen molar-refractivity contribution in [3.05, 3.63) is 12.2 Å². The summed E-state index contributed by atoms with van der Waals surface area (Å²) < 4.78 is 0.869. The fourth-order valence-electron chi connectivity index (χ4n) is 5.78. The van der Waals surface area contributed by atoms with Gasteiger partial charge in [0.2, 0.25) is 0 Å². The number of aliphatic carboxylic acids is 3. The molecule has 240 valence electrons. The average molecular weight is 583 g/mol. The molecule has 0 aliphatic carbocycles. The van der Waals surface area contributed by atoms with Gasteiger partial charge in [0.05, 0.1) is 26.2 Å². The molecule has 0 aromatic rings. The molecule has 0 amide bonds. The minimum atomic E-state index is -0.767. The van der Waals surface area contributed by atoms with Gasteiger partial charge in [-0.2, -0.15) is 0 Å². The fraction of sp³-hybridized carbons (Fsp3) is 0.853. The highest BCUT2D eigenvalue weighted by atomic mass is 16.4. The number of quaternary nitrogens is 1. The summed E-state index contributed by atoms with van der Waals surface area (Å²) >= 11 is 0. The Bertz CT molecular complexity index is 623. The number of carboxylic acids is 3. The van der Waals surface area contributed by atoms with E-state index in [0.717, 1.165) is 62.8 Å². The van der Waals surface area contributed by atoms with Gasteiger partial charge in [-0.1, -0.05) is 83.3 Å². The van der Waals surface area contributed by atoms with Gasteiger partial charge < -0.3 is 19.8 Å². The number of carbonyl (C=O) groups is 3. The van der Waals surface area contributed by atoms with E-state index in [1.54, 1.807) is 0 Å². The second-order valence-electron chi connectivity index (χ2n) is 12.1. The van der Waals surface area contributed by atoms with Crippen molar-refractivity contribution in [3.8, 4) is 0 Å². The van der Waals surface area contributed by atoms with E-state index in [0.29, 0.717) is 19.3 Å². The van der Waals surface area contributed by atoms with Crippen LogP contribution in [0.5, 0.6) is 0 Å². The number of nitrogens with zero attached hydrogens (tertiary/aromatic N) is 1. The standard InChI is InChI=1S/C34H63NO6/c1-2-3-4-5-6-7-8-9-10-11-12-13-14-15-16-17-21-28-35(29-22-18-25-32(36)37,30-23-19-26-33(38)39)31-24-20-27-34(40)41/h3-4H,2,5-31H2,1H3,(H2-,36,37,38,39,40,41)/p+1/b4-3+. The maximum atomic E-state index is 11.0. The summed E-state index contributed by atoms with van der Waals surface area (Å²) in [5.41, 5.74) is 0. The molecule has 0 heterocycles. The molecule has 0 aliphatic rings. The first kappa shape index (κ1) is 39.1. The lowest BCUT2D eigenvalue weighted by atomic mass is 10.0. The van der Waals surface area contributed by atoms with E-state index in [4.69, 9.17) is 15.3 Å². The monoisotopic (exact) mass is 582 g/mol. The first-order chi connectivity index (χ1) is 19.8. The molecule has 41 heavy (non-hydrogen) atoms. The van der Waals surface area contributed by atoms with Crippen LogP contribution in [-0.4, -0.2) is 63.9 Å². The molecule has 0 spiro atoms. The van der Waals surface area contributed by atoms with Gasteiger partial charge in [0, 0.05) is 19.3 Å². The molecule has 0 fully saturated rings. The quantitative estimate of drug-likeness (QED) is 0.0414. The fourth-order valence-corrected chi connectivity index (χ4v) is 5.78. The molecule has 0 unspecified atom stereocenters. The van der Waals surface area contributed by atoms with Crippen LogP contribution in [0, 0.1) is 0 Å². The molecular weight excluding hydrogens is 518 g/mol. The molecule has 0 saturated heterocycles. The zero-order valence-electron chi connectivity index (χ0n) is 26.5. The molecule has 3 N–H and O–H groups in total. The summed E-state index contributed by atoms with van der Waals surface area (Å²) in [6.45, 7) is 5.88. The number of allylic oxidation sites excluding steroid dienone is 2. The molecule has 0 atom stereocenters. The maximum absolute atomic E-state index is 11.0. The summed E-state index contributed by atoms with van der Waals surface area (Å²) in [6.07, 6.45) is 28.9. The molecule has 7 nitrogen and oxygen atoms in total. The largest absolute Gasteiger partial charge is 0.481 e. The van der Waals surface area contributed by atoms with Crippen LogP contribution in [0.1, 0.15) is 161 Å². The van der Waals surface area contributed by atoms with Crippen LogP contribution in [0.15, 0.2) is 12.2 Å². The van der Waals surface area contributed by atoms with Gasteiger partial charge in [0.25, 0.3) is 0 Å². The lowest BCUT2D eigenvalue weighted by Gasteiger charge is -2.39. The normalized spacial score (nSPS) is 11.8. The van der Waals surface area contributed by atoms with E-state index in [9.17, 15) is 14.4 Å². The summed E-state index contributed by atoms with van der Waals surface area (Å²) in [4.78, 5) is 33.0. The first-order valence-corrected chi connectivity index (χ1v) is 17.0. The Kier molecular flexibility index (Phi) is 26.9. The van der Waals surface area contributed by atoms with Gasteiger partial charge in [-0.25, -0.2) is 0 Å². The third kappa shape index (κ3) is 28.0. The van der Waals surface area contributed by atoms with E-state index >= 15 is 0 Å². The minimum absolute atomic E-state index is 0.176. The third-order valence-electron chi connectivity index (χ3n) is 8.22. The van der Waals surface area contributed by atoms with Gasteiger partial charge in [-0.15, -0.1) is 0 Å². The summed E-state index contributed by atoms with van der Waals surface area (Å²) in [5.74, 6) is -2.30. The van der Waals surface area contributed by atoms with Crippen LogP contribution < -0.4 is 0 Å². The zero-order valence-corrected chi connectivity index (χ0v) is 26.5. The van der Waals surface area contributed by atoms with Crippen molar-refractivity contribution < 1.29 is 34.2 Å². The summed E-state index contributed by atoms with van der Waals surface area (Å²) in [7, 11) is 0. The maximum Gasteiger partial charge on any atom is 0.303 e. The van der Waals surface area contributed by atoms with E-state index < -0.39 is 17.9 Å². The molecule has 0 aromatic heterocycles. The number of rotatable bonds is 32. The number of carboxylic acid groups (broad SMARTS) is 3. The number of hydrogen-bond donors (Lipinski definition) is 3. The van der Waals surface area contributed by atoms with Gasteiger partial charge in [0.15, 0.2) is 0 Å². The molecule has 0 saturated carbocycles. The Morgan fingerprint density at radius 3 is 1.05 bits per heavy atom. The van der Waals surface area contributed by atoms with Crippen LogP contribution in [-0.2, 0) is 14.4 Å². The minimum Gasteiger partial charge on any atom is -0.481 e. The second-order valence-corrected chi connectivity index (χ2v) is 12.1. The summed E-state index contributed by atoms with van der Waals surface area (Å²) in [5, 5.41) is 27.1. The van der Waals surface area contributed by atoms with E-state index in [-0.39, 0.29) is 19.3 Å². The highest BCUT2D eigenvalue weighted by molar-refractivity contribution is 5.67. The van der Waals surface area contributed by atoms with E-state index in [2.05, 4.69) is 19.1 Å². The van der Waals surface area contributed by atoms with Crippen LogP contribution in [0.25, 0.3) is 0 Å². The predicted octanol–water partition coefficient (Wildman–Crippen LogP) is 9.00. The van der Waals surface area contributed by atoms with Crippen LogP contribution >= 0.6 is 0 Å². The topological polar surface area (TPSA) is 112 Å². The molecular formula is C34H64NO6+. The Hall–Kier alpha value is -1.89. The van der Waals surface area contributed by atoms with Crippen LogP contribution in [0.4, 0.5) is 0 Å². The molecule has 0 aliphatic heterocycles. The Balaban J connectivity index is 4.36. The number of hydrogen-bond acceptors (Lipinski definition) is 3. The lowest BCUT2D eigenvalue weighted by Crippen LogP contribution is -2.51. The average Bonchev–Trinajstić information content (AvgIpc) is 2.93. The molecule has 0 rings (SSSR count).